The molecule has 2 saturated heterocycles. The molecule has 1 aromatic heterocycles. The molecule has 8 heteroatoms. The van der Waals surface area contributed by atoms with Gasteiger partial charge in [-0.05, 0) is 25.7 Å². The zero-order valence-corrected chi connectivity index (χ0v) is 14.5. The quantitative estimate of drug-likeness (QED) is 0.843. The Bertz CT molecular complexity index is 568. The molecule has 0 spiro atoms. The fourth-order valence-electron chi connectivity index (χ4n) is 3.00. The number of rotatable bonds is 5. The van der Waals surface area contributed by atoms with Crippen LogP contribution in [0.3, 0.4) is 0 Å². The molecule has 0 saturated carbocycles. The van der Waals surface area contributed by atoms with Gasteiger partial charge in [0, 0.05) is 46.3 Å². The molecule has 0 aliphatic carbocycles. The van der Waals surface area contributed by atoms with Gasteiger partial charge in [-0.3, -0.25) is 4.79 Å². The lowest BCUT2D eigenvalue weighted by Gasteiger charge is -2.21. The topological polar surface area (TPSA) is 83.5 Å². The zero-order valence-electron chi connectivity index (χ0n) is 14.5. The molecular weight excluding hydrogens is 308 g/mol. The Balaban J connectivity index is 1.68. The van der Waals surface area contributed by atoms with Gasteiger partial charge in [0.2, 0.25) is 17.8 Å². The molecule has 0 bridgehead atoms. The summed E-state index contributed by atoms with van der Waals surface area (Å²) in [6, 6.07) is 0. The van der Waals surface area contributed by atoms with Gasteiger partial charge in [-0.15, -0.1) is 0 Å². The molecular formula is C16H26N6O2. The third-order valence-electron chi connectivity index (χ3n) is 4.46. The molecule has 24 heavy (non-hydrogen) atoms. The molecule has 3 heterocycles. The summed E-state index contributed by atoms with van der Waals surface area (Å²) in [5.41, 5.74) is 0. The number of hydrogen-bond donors (Lipinski definition) is 1. The van der Waals surface area contributed by atoms with E-state index < -0.39 is 0 Å². The number of anilines is 2. The third-order valence-corrected chi connectivity index (χ3v) is 4.46. The van der Waals surface area contributed by atoms with Gasteiger partial charge in [-0.2, -0.15) is 15.0 Å². The van der Waals surface area contributed by atoms with Gasteiger partial charge in [-0.25, -0.2) is 0 Å². The standard InChI is InChI=1S/C16H26N6O2/c1-21(2)15-18-13(19-16(20-15)22-7-3-4-8-22)11-17-14(23)12-5-9-24-10-6-12/h12H,3-11H2,1-2H3,(H,17,23). The predicted molar refractivity (Wildman–Crippen MR) is 91.0 cm³/mol. The van der Waals surface area contributed by atoms with Crippen molar-refractivity contribution in [2.24, 2.45) is 5.92 Å². The molecule has 132 valence electrons. The largest absolute Gasteiger partial charge is 0.381 e. The summed E-state index contributed by atoms with van der Waals surface area (Å²) in [5, 5.41) is 2.97. The van der Waals surface area contributed by atoms with Crippen molar-refractivity contribution in [2.45, 2.75) is 32.2 Å². The van der Waals surface area contributed by atoms with Crippen molar-refractivity contribution in [1.29, 1.82) is 0 Å². The minimum Gasteiger partial charge on any atom is -0.381 e. The molecule has 0 unspecified atom stereocenters. The fourth-order valence-corrected chi connectivity index (χ4v) is 3.00. The first kappa shape index (κ1) is 16.9. The van der Waals surface area contributed by atoms with E-state index in [9.17, 15) is 4.79 Å². The maximum absolute atomic E-state index is 12.3. The van der Waals surface area contributed by atoms with Crippen LogP contribution in [0.5, 0.6) is 0 Å². The highest BCUT2D eigenvalue weighted by Crippen LogP contribution is 2.18. The molecule has 0 aromatic carbocycles. The highest BCUT2D eigenvalue weighted by atomic mass is 16.5. The Morgan fingerprint density at radius 2 is 1.92 bits per heavy atom. The van der Waals surface area contributed by atoms with Crippen LogP contribution in [0.1, 0.15) is 31.5 Å². The van der Waals surface area contributed by atoms with E-state index in [4.69, 9.17) is 4.74 Å². The van der Waals surface area contributed by atoms with Crippen molar-refractivity contribution < 1.29 is 9.53 Å². The Morgan fingerprint density at radius 3 is 2.58 bits per heavy atom. The summed E-state index contributed by atoms with van der Waals surface area (Å²) >= 11 is 0. The molecule has 2 aliphatic rings. The molecule has 0 radical (unpaired) electrons. The second-order valence-corrected chi connectivity index (χ2v) is 6.54. The number of ether oxygens (including phenoxy) is 1. The van der Waals surface area contributed by atoms with E-state index in [1.54, 1.807) is 0 Å². The van der Waals surface area contributed by atoms with Crippen LogP contribution >= 0.6 is 0 Å². The number of hydrogen-bond acceptors (Lipinski definition) is 7. The number of nitrogens with zero attached hydrogens (tertiary/aromatic N) is 5. The zero-order chi connectivity index (χ0) is 16.9. The average Bonchev–Trinajstić information content (AvgIpc) is 3.15. The van der Waals surface area contributed by atoms with E-state index in [0.29, 0.717) is 37.5 Å². The molecule has 2 fully saturated rings. The van der Waals surface area contributed by atoms with Gasteiger partial charge in [-0.1, -0.05) is 0 Å². The molecule has 1 amide bonds. The Hall–Kier alpha value is -1.96. The normalized spacial score (nSPS) is 18.7. The summed E-state index contributed by atoms with van der Waals surface area (Å²) in [6.45, 7) is 3.61. The van der Waals surface area contributed by atoms with Crippen LogP contribution in [0.2, 0.25) is 0 Å². The first-order chi connectivity index (χ1) is 11.6. The van der Waals surface area contributed by atoms with E-state index in [1.807, 2.05) is 19.0 Å². The minimum absolute atomic E-state index is 0.0342. The Kier molecular flexibility index (Phi) is 5.44. The Morgan fingerprint density at radius 1 is 1.21 bits per heavy atom. The number of carbonyl (C=O) groups is 1. The van der Waals surface area contributed by atoms with Gasteiger partial charge in [0.15, 0.2) is 5.82 Å². The molecule has 8 nitrogen and oxygen atoms in total. The predicted octanol–water partition coefficient (Wildman–Crippen LogP) is 0.581. The second-order valence-electron chi connectivity index (χ2n) is 6.54. The summed E-state index contributed by atoms with van der Waals surface area (Å²) in [6.07, 6.45) is 3.90. The molecule has 3 rings (SSSR count). The van der Waals surface area contributed by atoms with Crippen molar-refractivity contribution in [3.63, 3.8) is 0 Å². The highest BCUT2D eigenvalue weighted by molar-refractivity contribution is 5.78. The minimum atomic E-state index is 0.0342. The molecule has 1 N–H and O–H groups in total. The maximum Gasteiger partial charge on any atom is 0.230 e. The monoisotopic (exact) mass is 334 g/mol. The van der Waals surface area contributed by atoms with Gasteiger partial charge < -0.3 is 19.9 Å². The van der Waals surface area contributed by atoms with Crippen LogP contribution in [0, 0.1) is 5.92 Å². The van der Waals surface area contributed by atoms with Gasteiger partial charge in [0.1, 0.15) is 0 Å². The van der Waals surface area contributed by atoms with Crippen molar-refractivity contribution in [2.75, 3.05) is 50.2 Å². The first-order valence-electron chi connectivity index (χ1n) is 8.66. The summed E-state index contributed by atoms with van der Waals surface area (Å²) in [4.78, 5) is 29.9. The van der Waals surface area contributed by atoms with E-state index in [-0.39, 0.29) is 11.8 Å². The number of carbonyl (C=O) groups excluding carboxylic acids is 1. The van der Waals surface area contributed by atoms with E-state index in [2.05, 4.69) is 25.2 Å². The number of amides is 1. The lowest BCUT2D eigenvalue weighted by atomic mass is 9.99. The van der Waals surface area contributed by atoms with E-state index >= 15 is 0 Å². The van der Waals surface area contributed by atoms with Crippen LogP contribution < -0.4 is 15.1 Å². The second kappa shape index (κ2) is 7.74. The third kappa shape index (κ3) is 4.11. The van der Waals surface area contributed by atoms with Crippen molar-refractivity contribution in [3.8, 4) is 0 Å². The molecule has 2 aliphatic heterocycles. The van der Waals surface area contributed by atoms with Gasteiger partial charge >= 0.3 is 0 Å². The van der Waals surface area contributed by atoms with Crippen molar-refractivity contribution in [3.05, 3.63) is 5.82 Å². The first-order valence-corrected chi connectivity index (χ1v) is 8.66. The lowest BCUT2D eigenvalue weighted by molar-refractivity contribution is -0.128. The van der Waals surface area contributed by atoms with E-state index in [0.717, 1.165) is 25.9 Å². The van der Waals surface area contributed by atoms with Crippen molar-refractivity contribution >= 4 is 17.8 Å². The van der Waals surface area contributed by atoms with Crippen LogP contribution in [0.4, 0.5) is 11.9 Å². The fraction of sp³-hybridized carbons (Fsp3) is 0.750. The molecule has 1 aromatic rings. The average molecular weight is 334 g/mol. The smallest absolute Gasteiger partial charge is 0.230 e. The van der Waals surface area contributed by atoms with E-state index in [1.165, 1.54) is 12.8 Å². The van der Waals surface area contributed by atoms with Crippen LogP contribution in [-0.2, 0) is 16.1 Å². The lowest BCUT2D eigenvalue weighted by Crippen LogP contribution is -2.34. The number of aromatic nitrogens is 3. The SMILES string of the molecule is CN(C)c1nc(CNC(=O)C2CCOCC2)nc(N2CCCC2)n1. The Labute approximate surface area is 142 Å². The van der Waals surface area contributed by atoms with Gasteiger partial charge in [0.05, 0.1) is 6.54 Å². The van der Waals surface area contributed by atoms with Crippen molar-refractivity contribution in [1.82, 2.24) is 20.3 Å². The maximum atomic E-state index is 12.3. The highest BCUT2D eigenvalue weighted by Gasteiger charge is 2.22. The molecule has 0 atom stereocenters. The van der Waals surface area contributed by atoms with Crippen LogP contribution in [0.25, 0.3) is 0 Å². The van der Waals surface area contributed by atoms with Crippen LogP contribution in [-0.4, -0.2) is 61.3 Å². The summed E-state index contributed by atoms with van der Waals surface area (Å²) < 4.78 is 5.30. The van der Waals surface area contributed by atoms with Gasteiger partial charge in [0.25, 0.3) is 0 Å². The summed E-state index contributed by atoms with van der Waals surface area (Å²) in [7, 11) is 3.82. The summed E-state index contributed by atoms with van der Waals surface area (Å²) in [5.74, 6) is 2.04. The number of nitrogens with one attached hydrogen (secondary N) is 1. The van der Waals surface area contributed by atoms with Crippen LogP contribution in [0.15, 0.2) is 0 Å².